The van der Waals surface area contributed by atoms with Gasteiger partial charge in [-0.15, -0.1) is 0 Å². The lowest BCUT2D eigenvalue weighted by molar-refractivity contribution is 0.0603. The van der Waals surface area contributed by atoms with Gasteiger partial charge < -0.3 is 15.4 Å². The van der Waals surface area contributed by atoms with Crippen molar-refractivity contribution in [1.82, 2.24) is 4.90 Å². The molecule has 3 rings (SSSR count). The zero-order valence-corrected chi connectivity index (χ0v) is 12.1. The number of nitrogens with zero attached hydrogens (tertiary/aromatic N) is 2. The smallest absolute Gasteiger partial charge is 0.191 e. The molecule has 2 N–H and O–H groups in total. The van der Waals surface area contributed by atoms with Crippen LogP contribution in [0.1, 0.15) is 51.9 Å². The Labute approximate surface area is 116 Å². The van der Waals surface area contributed by atoms with Crippen LogP contribution >= 0.6 is 0 Å². The highest BCUT2D eigenvalue weighted by Crippen LogP contribution is 2.38. The van der Waals surface area contributed by atoms with Crippen molar-refractivity contribution in [3.05, 3.63) is 0 Å². The molecule has 2 aliphatic heterocycles. The molecule has 0 aromatic carbocycles. The molecule has 3 aliphatic rings. The van der Waals surface area contributed by atoms with Gasteiger partial charge in [0.25, 0.3) is 0 Å². The second-order valence-corrected chi connectivity index (χ2v) is 6.68. The van der Waals surface area contributed by atoms with E-state index in [1.165, 1.54) is 44.9 Å². The molecule has 3 atom stereocenters. The van der Waals surface area contributed by atoms with Crippen molar-refractivity contribution in [2.45, 2.75) is 63.5 Å². The molecule has 0 aromatic heterocycles. The Morgan fingerprint density at radius 1 is 1.32 bits per heavy atom. The number of nitrogens with two attached hydrogens (primary N) is 1. The van der Waals surface area contributed by atoms with E-state index < -0.39 is 0 Å². The summed E-state index contributed by atoms with van der Waals surface area (Å²) in [4.78, 5) is 6.96. The SMILES string of the molecule is CC1CCCC2(CC1)CN=C(N)N2CC1CCCO1. The third-order valence-corrected chi connectivity index (χ3v) is 5.24. The van der Waals surface area contributed by atoms with E-state index in [0.29, 0.717) is 6.10 Å². The van der Waals surface area contributed by atoms with Crippen molar-refractivity contribution in [2.24, 2.45) is 16.6 Å². The second-order valence-electron chi connectivity index (χ2n) is 6.68. The lowest BCUT2D eigenvalue weighted by Gasteiger charge is -2.40. The summed E-state index contributed by atoms with van der Waals surface area (Å²) in [5.74, 6) is 1.61. The van der Waals surface area contributed by atoms with Crippen LogP contribution < -0.4 is 5.73 Å². The number of rotatable bonds is 2. The molecule has 4 heteroatoms. The van der Waals surface area contributed by atoms with E-state index in [9.17, 15) is 0 Å². The average molecular weight is 265 g/mol. The number of aliphatic imine (C=N–C) groups is 1. The van der Waals surface area contributed by atoms with E-state index in [1.54, 1.807) is 0 Å². The molecule has 2 fully saturated rings. The summed E-state index contributed by atoms with van der Waals surface area (Å²) in [5.41, 5.74) is 6.38. The van der Waals surface area contributed by atoms with Crippen molar-refractivity contribution >= 4 is 5.96 Å². The number of guanidine groups is 1. The molecule has 108 valence electrons. The fourth-order valence-electron chi connectivity index (χ4n) is 3.91. The maximum absolute atomic E-state index is 6.17. The first-order valence-corrected chi connectivity index (χ1v) is 7.89. The van der Waals surface area contributed by atoms with E-state index in [4.69, 9.17) is 10.5 Å². The Kier molecular flexibility index (Phi) is 3.70. The third-order valence-electron chi connectivity index (χ3n) is 5.24. The Hall–Kier alpha value is -0.770. The normalized spacial score (nSPS) is 39.6. The highest BCUT2D eigenvalue weighted by atomic mass is 16.5. The third kappa shape index (κ3) is 2.60. The van der Waals surface area contributed by atoms with Gasteiger partial charge in [-0.3, -0.25) is 4.99 Å². The van der Waals surface area contributed by atoms with Crippen LogP contribution in [0.2, 0.25) is 0 Å². The molecule has 1 saturated heterocycles. The van der Waals surface area contributed by atoms with Gasteiger partial charge in [0.15, 0.2) is 5.96 Å². The maximum atomic E-state index is 6.17. The van der Waals surface area contributed by atoms with E-state index in [2.05, 4.69) is 16.8 Å². The van der Waals surface area contributed by atoms with Crippen LogP contribution in [-0.4, -0.2) is 42.2 Å². The number of hydrogen-bond donors (Lipinski definition) is 1. The molecule has 1 spiro atoms. The summed E-state index contributed by atoms with van der Waals surface area (Å²) in [6.45, 7) is 5.14. The topological polar surface area (TPSA) is 50.8 Å². The molecule has 3 unspecified atom stereocenters. The van der Waals surface area contributed by atoms with E-state index in [1.807, 2.05) is 0 Å². The van der Waals surface area contributed by atoms with Gasteiger partial charge in [0.05, 0.1) is 18.2 Å². The Morgan fingerprint density at radius 2 is 2.21 bits per heavy atom. The fraction of sp³-hybridized carbons (Fsp3) is 0.933. The van der Waals surface area contributed by atoms with E-state index >= 15 is 0 Å². The van der Waals surface area contributed by atoms with Crippen LogP contribution in [-0.2, 0) is 4.74 Å². The van der Waals surface area contributed by atoms with Crippen LogP contribution in [0.5, 0.6) is 0 Å². The quantitative estimate of drug-likeness (QED) is 0.832. The summed E-state index contributed by atoms with van der Waals surface area (Å²) in [6.07, 6.45) is 9.20. The molecule has 2 heterocycles. The highest BCUT2D eigenvalue weighted by molar-refractivity contribution is 5.81. The molecular weight excluding hydrogens is 238 g/mol. The Morgan fingerprint density at radius 3 is 3.00 bits per heavy atom. The highest BCUT2D eigenvalue weighted by Gasteiger charge is 2.43. The first-order chi connectivity index (χ1) is 9.20. The Bertz CT molecular complexity index is 351. The number of ether oxygens (including phenoxy) is 1. The van der Waals surface area contributed by atoms with Crippen LogP contribution in [0.15, 0.2) is 4.99 Å². The largest absolute Gasteiger partial charge is 0.376 e. The zero-order valence-electron chi connectivity index (χ0n) is 12.1. The molecule has 19 heavy (non-hydrogen) atoms. The summed E-state index contributed by atoms with van der Waals surface area (Å²) in [7, 11) is 0. The first-order valence-electron chi connectivity index (χ1n) is 7.89. The van der Waals surface area contributed by atoms with Gasteiger partial charge in [0.1, 0.15) is 0 Å². The van der Waals surface area contributed by atoms with Crippen molar-refractivity contribution in [3.63, 3.8) is 0 Å². The first kappa shape index (κ1) is 13.2. The van der Waals surface area contributed by atoms with Crippen molar-refractivity contribution in [1.29, 1.82) is 0 Å². The van der Waals surface area contributed by atoms with Gasteiger partial charge in [0.2, 0.25) is 0 Å². The molecular formula is C15H27N3O. The second kappa shape index (κ2) is 5.31. The van der Waals surface area contributed by atoms with Gasteiger partial charge in [0, 0.05) is 13.2 Å². The standard InChI is InChI=1S/C15H27N3O/c1-12-4-2-7-15(8-6-12)11-17-14(16)18(15)10-13-5-3-9-19-13/h12-13H,2-11H2,1H3,(H2,16,17). The van der Waals surface area contributed by atoms with Crippen molar-refractivity contribution in [2.75, 3.05) is 19.7 Å². The average Bonchev–Trinajstić information content (AvgIpc) is 2.95. The predicted octanol–water partition coefficient (Wildman–Crippen LogP) is 2.13. The van der Waals surface area contributed by atoms with Gasteiger partial charge in [-0.1, -0.05) is 19.8 Å². The molecule has 1 saturated carbocycles. The zero-order chi connectivity index (χ0) is 13.3. The lowest BCUT2D eigenvalue weighted by atomic mass is 9.88. The van der Waals surface area contributed by atoms with Gasteiger partial charge >= 0.3 is 0 Å². The fourth-order valence-corrected chi connectivity index (χ4v) is 3.91. The van der Waals surface area contributed by atoms with Gasteiger partial charge in [-0.25, -0.2) is 0 Å². The van der Waals surface area contributed by atoms with Crippen LogP contribution in [0.4, 0.5) is 0 Å². The summed E-state index contributed by atoms with van der Waals surface area (Å²) in [6, 6.07) is 0. The van der Waals surface area contributed by atoms with Crippen LogP contribution in [0, 0.1) is 5.92 Å². The molecule has 0 radical (unpaired) electrons. The summed E-state index contributed by atoms with van der Waals surface area (Å²) in [5, 5.41) is 0. The summed E-state index contributed by atoms with van der Waals surface area (Å²) >= 11 is 0. The number of hydrogen-bond acceptors (Lipinski definition) is 4. The van der Waals surface area contributed by atoms with Gasteiger partial charge in [-0.05, 0) is 38.0 Å². The molecule has 4 nitrogen and oxygen atoms in total. The minimum absolute atomic E-state index is 0.209. The molecule has 0 aromatic rings. The molecule has 1 aliphatic carbocycles. The minimum atomic E-state index is 0.209. The lowest BCUT2D eigenvalue weighted by Crippen LogP contribution is -2.53. The van der Waals surface area contributed by atoms with Gasteiger partial charge in [-0.2, -0.15) is 0 Å². The molecule has 0 amide bonds. The maximum Gasteiger partial charge on any atom is 0.191 e. The monoisotopic (exact) mass is 265 g/mol. The van der Waals surface area contributed by atoms with E-state index in [0.717, 1.165) is 31.6 Å². The molecule has 0 bridgehead atoms. The van der Waals surface area contributed by atoms with Crippen molar-refractivity contribution < 1.29 is 4.74 Å². The van der Waals surface area contributed by atoms with Crippen LogP contribution in [0.3, 0.4) is 0 Å². The van der Waals surface area contributed by atoms with Crippen LogP contribution in [0.25, 0.3) is 0 Å². The van der Waals surface area contributed by atoms with Crippen molar-refractivity contribution in [3.8, 4) is 0 Å². The van der Waals surface area contributed by atoms with E-state index in [-0.39, 0.29) is 5.54 Å². The Balaban J connectivity index is 1.72. The predicted molar refractivity (Wildman–Crippen MR) is 77.1 cm³/mol. The minimum Gasteiger partial charge on any atom is -0.376 e. The summed E-state index contributed by atoms with van der Waals surface area (Å²) < 4.78 is 5.80.